The third-order valence-electron chi connectivity index (χ3n) is 3.13. The van der Waals surface area contributed by atoms with E-state index in [-0.39, 0.29) is 18.4 Å². The molecule has 7 heteroatoms. The number of hydrogen-bond acceptors (Lipinski definition) is 3. The van der Waals surface area contributed by atoms with Gasteiger partial charge >= 0.3 is 0 Å². The largest absolute Gasteiger partial charge is 0.327 e. The molecule has 19 heavy (non-hydrogen) atoms. The van der Waals surface area contributed by atoms with Crippen molar-refractivity contribution >= 4 is 38.4 Å². The van der Waals surface area contributed by atoms with Crippen molar-refractivity contribution in [3.63, 3.8) is 0 Å². The number of sulfonamides is 1. The average Bonchev–Trinajstić information content (AvgIpc) is 2.32. The number of nitrogens with zero attached hydrogens (tertiary/aromatic N) is 1. The molecular formula is C12H18BrClN2O2S. The Hall–Kier alpha value is -0.140. The van der Waals surface area contributed by atoms with Gasteiger partial charge in [-0.15, -0.1) is 12.4 Å². The molecule has 1 aromatic rings. The van der Waals surface area contributed by atoms with Crippen molar-refractivity contribution in [2.45, 2.75) is 30.7 Å². The van der Waals surface area contributed by atoms with E-state index in [1.165, 1.54) is 4.31 Å². The second-order valence-corrected chi connectivity index (χ2v) is 7.46. The standard InChI is InChI=1S/C12H17BrN2O2S.ClH/c1-9-4-5-11(13)12(7-9)18(16,17)15-6-2-3-10(14)8-15;/h4-5,7,10H,2-3,6,8,14H2,1H3;1H. The van der Waals surface area contributed by atoms with Crippen LogP contribution in [0.15, 0.2) is 27.6 Å². The fourth-order valence-corrected chi connectivity index (χ4v) is 4.68. The highest BCUT2D eigenvalue weighted by molar-refractivity contribution is 9.10. The smallest absolute Gasteiger partial charge is 0.244 e. The SMILES string of the molecule is Cc1ccc(Br)c(S(=O)(=O)N2CCCC(N)C2)c1.Cl. The van der Waals surface area contributed by atoms with Crippen molar-refractivity contribution in [2.75, 3.05) is 13.1 Å². The Labute approximate surface area is 128 Å². The Morgan fingerprint density at radius 1 is 1.42 bits per heavy atom. The zero-order valence-corrected chi connectivity index (χ0v) is 13.9. The van der Waals surface area contributed by atoms with Crippen LogP contribution in [0.4, 0.5) is 0 Å². The Bertz CT molecular complexity index is 551. The first-order valence-electron chi connectivity index (χ1n) is 5.93. The predicted octanol–water partition coefficient (Wildman–Crippen LogP) is 2.29. The third-order valence-corrected chi connectivity index (χ3v) is 5.98. The van der Waals surface area contributed by atoms with Crippen LogP contribution in [-0.2, 0) is 10.0 Å². The van der Waals surface area contributed by atoms with Gasteiger partial charge in [0, 0.05) is 23.6 Å². The molecule has 0 bridgehead atoms. The Morgan fingerprint density at radius 2 is 2.11 bits per heavy atom. The van der Waals surface area contributed by atoms with Gasteiger partial charge in [0.15, 0.2) is 0 Å². The van der Waals surface area contributed by atoms with Crippen molar-refractivity contribution in [1.82, 2.24) is 4.31 Å². The molecule has 1 saturated heterocycles. The summed E-state index contributed by atoms with van der Waals surface area (Å²) in [6, 6.07) is 5.29. The van der Waals surface area contributed by atoms with Crippen molar-refractivity contribution in [1.29, 1.82) is 0 Å². The molecule has 1 unspecified atom stereocenters. The Balaban J connectivity index is 0.00000180. The van der Waals surface area contributed by atoms with Crippen molar-refractivity contribution < 1.29 is 8.42 Å². The van der Waals surface area contributed by atoms with Crippen LogP contribution in [-0.4, -0.2) is 31.9 Å². The molecule has 1 heterocycles. The topological polar surface area (TPSA) is 63.4 Å². The first kappa shape index (κ1) is 16.9. The normalized spacial score (nSPS) is 20.9. The minimum absolute atomic E-state index is 0. The molecule has 1 atom stereocenters. The van der Waals surface area contributed by atoms with E-state index in [0.29, 0.717) is 22.5 Å². The molecule has 0 saturated carbocycles. The van der Waals surface area contributed by atoms with Crippen LogP contribution in [0.25, 0.3) is 0 Å². The summed E-state index contributed by atoms with van der Waals surface area (Å²) in [5.74, 6) is 0. The van der Waals surface area contributed by atoms with Gasteiger partial charge < -0.3 is 5.73 Å². The molecule has 1 fully saturated rings. The summed E-state index contributed by atoms with van der Waals surface area (Å²) < 4.78 is 27.2. The van der Waals surface area contributed by atoms with E-state index in [0.717, 1.165) is 18.4 Å². The number of benzene rings is 1. The van der Waals surface area contributed by atoms with E-state index < -0.39 is 10.0 Å². The zero-order valence-electron chi connectivity index (χ0n) is 10.7. The molecular weight excluding hydrogens is 352 g/mol. The lowest BCUT2D eigenvalue weighted by Gasteiger charge is -2.30. The highest BCUT2D eigenvalue weighted by atomic mass is 79.9. The van der Waals surface area contributed by atoms with Crippen molar-refractivity contribution in [2.24, 2.45) is 5.73 Å². The van der Waals surface area contributed by atoms with Gasteiger partial charge in [0.05, 0.1) is 4.90 Å². The second-order valence-electron chi connectivity index (χ2n) is 4.70. The summed E-state index contributed by atoms with van der Waals surface area (Å²) in [6.07, 6.45) is 1.71. The fourth-order valence-electron chi connectivity index (χ4n) is 2.14. The van der Waals surface area contributed by atoms with E-state index in [1.807, 2.05) is 13.0 Å². The highest BCUT2D eigenvalue weighted by Gasteiger charge is 2.30. The molecule has 0 aliphatic carbocycles. The van der Waals surface area contributed by atoms with Gasteiger partial charge in [-0.1, -0.05) is 6.07 Å². The summed E-state index contributed by atoms with van der Waals surface area (Å²) in [5.41, 5.74) is 6.78. The van der Waals surface area contributed by atoms with Crippen molar-refractivity contribution in [3.05, 3.63) is 28.2 Å². The number of nitrogens with two attached hydrogens (primary N) is 1. The number of piperidine rings is 1. The lowest BCUT2D eigenvalue weighted by Crippen LogP contribution is -2.45. The number of halogens is 2. The van der Waals surface area contributed by atoms with Crippen molar-refractivity contribution in [3.8, 4) is 0 Å². The van der Waals surface area contributed by atoms with E-state index in [9.17, 15) is 8.42 Å². The van der Waals surface area contributed by atoms with Gasteiger partial charge in [-0.05, 0) is 53.4 Å². The maximum absolute atomic E-state index is 12.5. The highest BCUT2D eigenvalue weighted by Crippen LogP contribution is 2.27. The van der Waals surface area contributed by atoms with E-state index in [4.69, 9.17) is 5.73 Å². The molecule has 0 aromatic heterocycles. The van der Waals surface area contributed by atoms with Crippen LogP contribution in [0, 0.1) is 6.92 Å². The number of aryl methyl sites for hydroxylation is 1. The van der Waals surface area contributed by atoms with Gasteiger partial charge in [0.25, 0.3) is 0 Å². The van der Waals surface area contributed by atoms with Crippen LogP contribution >= 0.6 is 28.3 Å². The van der Waals surface area contributed by atoms with Crippen LogP contribution in [0.1, 0.15) is 18.4 Å². The minimum atomic E-state index is -3.44. The molecule has 0 radical (unpaired) electrons. The number of hydrogen-bond donors (Lipinski definition) is 1. The van der Waals surface area contributed by atoms with Crippen LogP contribution < -0.4 is 5.73 Å². The van der Waals surface area contributed by atoms with Gasteiger partial charge in [0.2, 0.25) is 10.0 Å². The van der Waals surface area contributed by atoms with Crippen LogP contribution in [0.2, 0.25) is 0 Å². The van der Waals surface area contributed by atoms with Crippen LogP contribution in [0.5, 0.6) is 0 Å². The summed E-state index contributed by atoms with van der Waals surface area (Å²) >= 11 is 3.31. The average molecular weight is 370 g/mol. The molecule has 2 rings (SSSR count). The summed E-state index contributed by atoms with van der Waals surface area (Å²) in [7, 11) is -3.44. The lowest BCUT2D eigenvalue weighted by atomic mass is 10.1. The number of rotatable bonds is 2. The predicted molar refractivity (Wildman–Crippen MR) is 82.1 cm³/mol. The molecule has 2 N–H and O–H groups in total. The van der Waals surface area contributed by atoms with E-state index >= 15 is 0 Å². The maximum atomic E-state index is 12.5. The maximum Gasteiger partial charge on any atom is 0.244 e. The van der Waals surface area contributed by atoms with Gasteiger partial charge in [-0.2, -0.15) is 4.31 Å². The zero-order chi connectivity index (χ0) is 13.3. The second kappa shape index (κ2) is 6.54. The molecule has 1 aliphatic heterocycles. The molecule has 108 valence electrons. The first-order valence-corrected chi connectivity index (χ1v) is 8.16. The summed E-state index contributed by atoms with van der Waals surface area (Å²) in [5, 5.41) is 0. The summed E-state index contributed by atoms with van der Waals surface area (Å²) in [6.45, 7) is 2.84. The quantitative estimate of drug-likeness (QED) is 0.870. The first-order chi connectivity index (χ1) is 8.41. The monoisotopic (exact) mass is 368 g/mol. The Kier molecular flexibility index (Phi) is 5.82. The Morgan fingerprint density at radius 3 is 2.74 bits per heavy atom. The minimum Gasteiger partial charge on any atom is -0.327 e. The van der Waals surface area contributed by atoms with Gasteiger partial charge in [0.1, 0.15) is 0 Å². The van der Waals surface area contributed by atoms with E-state index in [1.54, 1.807) is 12.1 Å². The molecule has 0 spiro atoms. The lowest BCUT2D eigenvalue weighted by molar-refractivity contribution is 0.316. The molecule has 1 aromatic carbocycles. The third kappa shape index (κ3) is 3.70. The van der Waals surface area contributed by atoms with Gasteiger partial charge in [-0.3, -0.25) is 0 Å². The molecule has 4 nitrogen and oxygen atoms in total. The molecule has 0 amide bonds. The fraction of sp³-hybridized carbons (Fsp3) is 0.500. The van der Waals surface area contributed by atoms with Crippen LogP contribution in [0.3, 0.4) is 0 Å². The summed E-state index contributed by atoms with van der Waals surface area (Å²) in [4.78, 5) is 0.330. The van der Waals surface area contributed by atoms with Gasteiger partial charge in [-0.25, -0.2) is 8.42 Å². The molecule has 1 aliphatic rings. The van der Waals surface area contributed by atoms with E-state index in [2.05, 4.69) is 15.9 Å².